The molecule has 17 heavy (non-hydrogen) atoms. The molecule has 1 amide bonds. The van der Waals surface area contributed by atoms with E-state index >= 15 is 0 Å². The highest BCUT2D eigenvalue weighted by atomic mass is 32.1. The van der Waals surface area contributed by atoms with Crippen LogP contribution in [0.4, 0.5) is 0 Å². The first-order valence-corrected chi connectivity index (χ1v) is 5.82. The van der Waals surface area contributed by atoms with Crippen LogP contribution in [0.1, 0.15) is 20.4 Å². The normalized spacial score (nSPS) is 10.2. The zero-order chi connectivity index (χ0) is 12.3. The van der Waals surface area contributed by atoms with Crippen LogP contribution in [0.5, 0.6) is 5.75 Å². The Morgan fingerprint density at radius 2 is 2.35 bits per heavy atom. The Kier molecular flexibility index (Phi) is 3.34. The van der Waals surface area contributed by atoms with Gasteiger partial charge in [0.25, 0.3) is 5.91 Å². The Hall–Kier alpha value is -1.95. The molecule has 2 rings (SSSR count). The van der Waals surface area contributed by atoms with Crippen LogP contribution in [0.2, 0.25) is 0 Å². The number of aryl methyl sites for hydroxylation is 1. The molecule has 2 N–H and O–H groups in total. The monoisotopic (exact) mass is 249 g/mol. The molecule has 0 saturated carbocycles. The number of hydrogen-bond donors (Lipinski definition) is 2. The molecule has 2 aromatic heterocycles. The first kappa shape index (κ1) is 11.5. The number of amides is 1. The fourth-order valence-electron chi connectivity index (χ4n) is 1.31. The lowest BCUT2D eigenvalue weighted by atomic mass is 10.3. The fourth-order valence-corrected chi connectivity index (χ4v) is 2.04. The Morgan fingerprint density at radius 3 is 3.00 bits per heavy atom. The van der Waals surface area contributed by atoms with Gasteiger partial charge in [-0.2, -0.15) is 0 Å². The number of carbonyl (C=O) groups is 1. The molecule has 5 nitrogen and oxygen atoms in total. The predicted octanol–water partition coefficient (Wildman–Crippen LogP) is 1.48. The zero-order valence-electron chi connectivity index (χ0n) is 9.17. The van der Waals surface area contributed by atoms with Gasteiger partial charge in [-0.25, -0.2) is 9.97 Å². The Morgan fingerprint density at radius 1 is 1.53 bits per heavy atom. The second kappa shape index (κ2) is 4.92. The molecule has 2 aromatic rings. The average molecular weight is 249 g/mol. The second-order valence-electron chi connectivity index (χ2n) is 3.40. The SMILES string of the molecule is Cc1ncc(CNC(=O)c2ncccc2O)s1. The molecular formula is C11H11N3O2S. The minimum Gasteiger partial charge on any atom is -0.505 e. The molecule has 88 valence electrons. The van der Waals surface area contributed by atoms with E-state index in [2.05, 4.69) is 15.3 Å². The van der Waals surface area contributed by atoms with Gasteiger partial charge in [-0.15, -0.1) is 11.3 Å². The van der Waals surface area contributed by atoms with Gasteiger partial charge in [0, 0.05) is 17.3 Å². The summed E-state index contributed by atoms with van der Waals surface area (Å²) in [6.07, 6.45) is 3.18. The van der Waals surface area contributed by atoms with Gasteiger partial charge in [0.05, 0.1) is 11.6 Å². The van der Waals surface area contributed by atoms with Crippen LogP contribution in [0.15, 0.2) is 24.5 Å². The Labute approximate surface area is 102 Å². The van der Waals surface area contributed by atoms with Crippen molar-refractivity contribution in [3.8, 4) is 5.75 Å². The van der Waals surface area contributed by atoms with Crippen LogP contribution in [0.3, 0.4) is 0 Å². The highest BCUT2D eigenvalue weighted by Crippen LogP contribution is 2.14. The molecule has 0 radical (unpaired) electrons. The third kappa shape index (κ3) is 2.79. The van der Waals surface area contributed by atoms with Crippen LogP contribution in [-0.2, 0) is 6.54 Å². The van der Waals surface area contributed by atoms with Crippen molar-refractivity contribution in [1.29, 1.82) is 0 Å². The molecule has 0 unspecified atom stereocenters. The van der Waals surface area contributed by atoms with E-state index in [4.69, 9.17) is 0 Å². The maximum absolute atomic E-state index is 11.7. The van der Waals surface area contributed by atoms with E-state index in [1.54, 1.807) is 12.3 Å². The van der Waals surface area contributed by atoms with E-state index in [9.17, 15) is 9.90 Å². The summed E-state index contributed by atoms with van der Waals surface area (Å²) < 4.78 is 0. The summed E-state index contributed by atoms with van der Waals surface area (Å²) in [4.78, 5) is 20.6. The molecule has 0 fully saturated rings. The van der Waals surface area contributed by atoms with Crippen molar-refractivity contribution in [1.82, 2.24) is 15.3 Å². The third-order valence-corrected chi connectivity index (χ3v) is 3.01. The number of carbonyl (C=O) groups excluding carboxylic acids is 1. The van der Waals surface area contributed by atoms with E-state index in [0.29, 0.717) is 6.54 Å². The van der Waals surface area contributed by atoms with Crippen molar-refractivity contribution in [3.63, 3.8) is 0 Å². The Bertz CT molecular complexity index is 539. The molecule has 0 aliphatic heterocycles. The number of rotatable bonds is 3. The molecule has 0 saturated heterocycles. The fraction of sp³-hybridized carbons (Fsp3) is 0.182. The van der Waals surface area contributed by atoms with Gasteiger partial charge in [0.2, 0.25) is 0 Å². The van der Waals surface area contributed by atoms with Crippen LogP contribution in [-0.4, -0.2) is 21.0 Å². The van der Waals surface area contributed by atoms with Crippen molar-refractivity contribution < 1.29 is 9.90 Å². The van der Waals surface area contributed by atoms with Gasteiger partial charge in [-0.3, -0.25) is 4.79 Å². The molecule has 0 aliphatic carbocycles. The maximum atomic E-state index is 11.7. The molecule has 6 heteroatoms. The first-order chi connectivity index (χ1) is 8.16. The molecule has 0 spiro atoms. The lowest BCUT2D eigenvalue weighted by Gasteiger charge is -2.03. The largest absolute Gasteiger partial charge is 0.505 e. The summed E-state index contributed by atoms with van der Waals surface area (Å²) in [7, 11) is 0. The number of aromatic nitrogens is 2. The van der Waals surface area contributed by atoms with Crippen LogP contribution in [0.25, 0.3) is 0 Å². The van der Waals surface area contributed by atoms with E-state index in [-0.39, 0.29) is 11.4 Å². The number of aromatic hydroxyl groups is 1. The summed E-state index contributed by atoms with van der Waals surface area (Å²) in [6.45, 7) is 2.29. The quantitative estimate of drug-likeness (QED) is 0.864. The molecule has 0 aromatic carbocycles. The second-order valence-corrected chi connectivity index (χ2v) is 4.72. The van der Waals surface area contributed by atoms with E-state index in [0.717, 1.165) is 9.88 Å². The average Bonchev–Trinajstić information content (AvgIpc) is 2.73. The number of hydrogen-bond acceptors (Lipinski definition) is 5. The molecule has 0 aliphatic rings. The lowest BCUT2D eigenvalue weighted by molar-refractivity contribution is 0.0943. The van der Waals surface area contributed by atoms with Crippen molar-refractivity contribution in [3.05, 3.63) is 40.1 Å². The zero-order valence-corrected chi connectivity index (χ0v) is 9.99. The first-order valence-electron chi connectivity index (χ1n) is 5.00. The van der Waals surface area contributed by atoms with Gasteiger partial charge in [0.1, 0.15) is 5.75 Å². The van der Waals surface area contributed by atoms with E-state index in [1.165, 1.54) is 23.6 Å². The van der Waals surface area contributed by atoms with Gasteiger partial charge >= 0.3 is 0 Å². The summed E-state index contributed by atoms with van der Waals surface area (Å²) in [6, 6.07) is 3.00. The number of nitrogens with zero attached hydrogens (tertiary/aromatic N) is 2. The molecular weight excluding hydrogens is 238 g/mol. The van der Waals surface area contributed by atoms with Crippen molar-refractivity contribution in [2.24, 2.45) is 0 Å². The number of nitrogens with one attached hydrogen (secondary N) is 1. The highest BCUT2D eigenvalue weighted by molar-refractivity contribution is 7.11. The number of pyridine rings is 1. The van der Waals surface area contributed by atoms with Crippen LogP contribution < -0.4 is 5.32 Å². The van der Waals surface area contributed by atoms with E-state index < -0.39 is 5.91 Å². The van der Waals surface area contributed by atoms with Crippen LogP contribution in [0, 0.1) is 6.92 Å². The van der Waals surface area contributed by atoms with Crippen molar-refractivity contribution in [2.75, 3.05) is 0 Å². The molecule has 2 heterocycles. The van der Waals surface area contributed by atoms with Gasteiger partial charge in [-0.1, -0.05) is 0 Å². The van der Waals surface area contributed by atoms with Crippen molar-refractivity contribution >= 4 is 17.2 Å². The molecule has 0 bridgehead atoms. The Balaban J connectivity index is 2.01. The van der Waals surface area contributed by atoms with Crippen LogP contribution >= 0.6 is 11.3 Å². The highest BCUT2D eigenvalue weighted by Gasteiger charge is 2.11. The predicted molar refractivity (Wildman–Crippen MR) is 63.9 cm³/mol. The summed E-state index contributed by atoms with van der Waals surface area (Å²) in [5.74, 6) is -0.514. The minimum atomic E-state index is -0.394. The smallest absolute Gasteiger partial charge is 0.274 e. The topological polar surface area (TPSA) is 75.1 Å². The number of thiazole rings is 1. The third-order valence-electron chi connectivity index (χ3n) is 2.09. The lowest BCUT2D eigenvalue weighted by Crippen LogP contribution is -2.23. The minimum absolute atomic E-state index is 0.0359. The standard InChI is InChI=1S/C11H11N3O2S/c1-7-13-5-8(17-7)6-14-11(16)10-9(15)3-2-4-12-10/h2-5,15H,6H2,1H3,(H,14,16). The summed E-state index contributed by atoms with van der Waals surface area (Å²) >= 11 is 1.52. The summed E-state index contributed by atoms with van der Waals surface area (Å²) in [5.41, 5.74) is 0.0359. The van der Waals surface area contributed by atoms with E-state index in [1.807, 2.05) is 6.92 Å². The van der Waals surface area contributed by atoms with Gasteiger partial charge < -0.3 is 10.4 Å². The molecule has 0 atom stereocenters. The van der Waals surface area contributed by atoms with Gasteiger partial charge in [-0.05, 0) is 19.1 Å². The summed E-state index contributed by atoms with van der Waals surface area (Å²) in [5, 5.41) is 13.1. The van der Waals surface area contributed by atoms with Crippen molar-refractivity contribution in [2.45, 2.75) is 13.5 Å². The van der Waals surface area contributed by atoms with Gasteiger partial charge in [0.15, 0.2) is 5.69 Å². The maximum Gasteiger partial charge on any atom is 0.274 e.